The first-order valence-corrected chi connectivity index (χ1v) is 9.79. The van der Waals surface area contributed by atoms with Crippen molar-refractivity contribution < 1.29 is 13.9 Å². The summed E-state index contributed by atoms with van der Waals surface area (Å²) in [6, 6.07) is 13.7. The normalized spacial score (nSPS) is 16.4. The molecule has 1 saturated heterocycles. The lowest BCUT2D eigenvalue weighted by Gasteiger charge is -2.28. The molecule has 1 aliphatic heterocycles. The van der Waals surface area contributed by atoms with Gasteiger partial charge in [-0.3, -0.25) is 9.78 Å². The molecule has 1 fully saturated rings. The predicted molar refractivity (Wildman–Crippen MR) is 113 cm³/mol. The number of anilines is 2. The molecule has 150 valence electrons. The topological polar surface area (TPSA) is 54.5 Å². The largest absolute Gasteiger partial charge is 0.383 e. The zero-order valence-corrected chi connectivity index (χ0v) is 16.6. The van der Waals surface area contributed by atoms with Gasteiger partial charge in [-0.2, -0.15) is 0 Å². The number of nitrogens with zero attached hydrogens (tertiary/aromatic N) is 2. The van der Waals surface area contributed by atoms with Crippen molar-refractivity contribution in [3.8, 4) is 0 Å². The molecule has 2 aromatic carbocycles. The van der Waals surface area contributed by atoms with Crippen LogP contribution in [0.1, 0.15) is 28.9 Å². The van der Waals surface area contributed by atoms with E-state index in [4.69, 9.17) is 4.74 Å². The number of fused-ring (bicyclic) bond motifs is 1. The van der Waals surface area contributed by atoms with E-state index in [-0.39, 0.29) is 11.7 Å². The Bertz CT molecular complexity index is 1040. The fourth-order valence-corrected chi connectivity index (χ4v) is 3.98. The zero-order chi connectivity index (χ0) is 20.4. The number of methoxy groups -OCH3 is 1. The van der Waals surface area contributed by atoms with Crippen molar-refractivity contribution in [1.82, 2.24) is 4.98 Å². The summed E-state index contributed by atoms with van der Waals surface area (Å²) in [5, 5.41) is 3.93. The molecule has 1 aliphatic rings. The van der Waals surface area contributed by atoms with Gasteiger partial charge in [0.2, 0.25) is 0 Å². The Balaban J connectivity index is 1.64. The van der Waals surface area contributed by atoms with Crippen molar-refractivity contribution in [2.24, 2.45) is 0 Å². The van der Waals surface area contributed by atoms with Gasteiger partial charge in [-0.1, -0.05) is 0 Å². The van der Waals surface area contributed by atoms with Gasteiger partial charge in [-0.15, -0.1) is 0 Å². The van der Waals surface area contributed by atoms with Gasteiger partial charge in [0, 0.05) is 41.7 Å². The van der Waals surface area contributed by atoms with Gasteiger partial charge in [0.1, 0.15) is 5.82 Å². The van der Waals surface area contributed by atoms with Crippen LogP contribution >= 0.6 is 0 Å². The van der Waals surface area contributed by atoms with Crippen molar-refractivity contribution in [3.63, 3.8) is 0 Å². The Labute approximate surface area is 169 Å². The van der Waals surface area contributed by atoms with E-state index in [1.807, 2.05) is 25.1 Å². The lowest BCUT2D eigenvalue weighted by molar-refractivity contribution is 0.102. The number of carbonyl (C=O) groups is 1. The molecular weight excluding hydrogens is 369 g/mol. The molecule has 1 amide bonds. The first kappa shape index (κ1) is 19.3. The molecule has 1 N–H and O–H groups in total. The molecule has 4 rings (SSSR count). The molecule has 6 heteroatoms. The van der Waals surface area contributed by atoms with Crippen LogP contribution in [0, 0.1) is 12.7 Å². The number of hydrogen-bond acceptors (Lipinski definition) is 4. The van der Waals surface area contributed by atoms with Gasteiger partial charge in [0.15, 0.2) is 0 Å². The minimum Gasteiger partial charge on any atom is -0.383 e. The average molecular weight is 393 g/mol. The van der Waals surface area contributed by atoms with Crippen LogP contribution < -0.4 is 10.2 Å². The zero-order valence-electron chi connectivity index (χ0n) is 16.6. The van der Waals surface area contributed by atoms with Crippen LogP contribution in [-0.2, 0) is 4.74 Å². The van der Waals surface area contributed by atoms with Crippen LogP contribution in [0.3, 0.4) is 0 Å². The van der Waals surface area contributed by atoms with Gasteiger partial charge in [0.05, 0.1) is 18.2 Å². The highest BCUT2D eigenvalue weighted by Crippen LogP contribution is 2.33. The highest BCUT2D eigenvalue weighted by atomic mass is 19.1. The summed E-state index contributed by atoms with van der Waals surface area (Å²) in [6.45, 7) is 3.68. The lowest BCUT2D eigenvalue weighted by Crippen LogP contribution is -2.33. The molecule has 3 aromatic rings. The second kappa shape index (κ2) is 8.17. The van der Waals surface area contributed by atoms with Crippen LogP contribution in [0.4, 0.5) is 15.8 Å². The van der Waals surface area contributed by atoms with E-state index in [0.717, 1.165) is 41.7 Å². The molecule has 1 aromatic heterocycles. The number of aromatic nitrogens is 1. The molecule has 0 spiro atoms. The highest BCUT2D eigenvalue weighted by Gasteiger charge is 2.26. The van der Waals surface area contributed by atoms with Gasteiger partial charge >= 0.3 is 0 Å². The second-order valence-corrected chi connectivity index (χ2v) is 7.42. The maximum absolute atomic E-state index is 13.1. The Morgan fingerprint density at radius 3 is 2.79 bits per heavy atom. The first-order valence-electron chi connectivity index (χ1n) is 9.79. The molecule has 1 atom stereocenters. The highest BCUT2D eigenvalue weighted by molar-refractivity contribution is 6.05. The maximum atomic E-state index is 13.1. The molecule has 0 unspecified atom stereocenters. The Hall–Kier alpha value is -2.99. The summed E-state index contributed by atoms with van der Waals surface area (Å²) in [4.78, 5) is 19.5. The number of nitrogens with one attached hydrogen (secondary N) is 1. The summed E-state index contributed by atoms with van der Waals surface area (Å²) >= 11 is 0. The molecule has 2 heterocycles. The molecule has 29 heavy (non-hydrogen) atoms. The SMILES string of the molecule is COC[C@H]1CCCN1c1cc(C)nc2cc(NC(=O)c3ccc(F)cc3)ccc12. The van der Waals surface area contributed by atoms with E-state index >= 15 is 0 Å². The number of carbonyl (C=O) groups excluding carboxylic acids is 1. The van der Waals surface area contributed by atoms with E-state index in [2.05, 4.69) is 21.3 Å². The average Bonchev–Trinajstić information content (AvgIpc) is 3.16. The summed E-state index contributed by atoms with van der Waals surface area (Å²) < 4.78 is 18.5. The minimum absolute atomic E-state index is 0.281. The van der Waals surface area contributed by atoms with Crippen molar-refractivity contribution >= 4 is 28.2 Å². The van der Waals surface area contributed by atoms with Crippen molar-refractivity contribution in [2.45, 2.75) is 25.8 Å². The van der Waals surface area contributed by atoms with Gasteiger partial charge in [0.25, 0.3) is 5.91 Å². The molecule has 5 nitrogen and oxygen atoms in total. The van der Waals surface area contributed by atoms with Crippen LogP contribution in [0.15, 0.2) is 48.5 Å². The summed E-state index contributed by atoms with van der Waals surface area (Å²) in [5.74, 6) is -0.648. The van der Waals surface area contributed by atoms with E-state index < -0.39 is 0 Å². The van der Waals surface area contributed by atoms with E-state index in [9.17, 15) is 9.18 Å². The Kier molecular flexibility index (Phi) is 5.45. The molecule has 0 bridgehead atoms. The number of hydrogen-bond donors (Lipinski definition) is 1. The lowest BCUT2D eigenvalue weighted by atomic mass is 10.1. The van der Waals surface area contributed by atoms with E-state index in [1.54, 1.807) is 7.11 Å². The predicted octanol–water partition coefficient (Wildman–Crippen LogP) is 4.55. The van der Waals surface area contributed by atoms with Crippen molar-refractivity contribution in [1.29, 1.82) is 0 Å². The van der Waals surface area contributed by atoms with Crippen LogP contribution in [0.5, 0.6) is 0 Å². The number of amides is 1. The first-order chi connectivity index (χ1) is 14.0. The van der Waals surface area contributed by atoms with Gasteiger partial charge in [-0.25, -0.2) is 4.39 Å². The number of benzene rings is 2. The third kappa shape index (κ3) is 4.07. The summed E-state index contributed by atoms with van der Waals surface area (Å²) in [5.41, 5.74) is 3.98. The summed E-state index contributed by atoms with van der Waals surface area (Å²) in [7, 11) is 1.74. The fourth-order valence-electron chi connectivity index (χ4n) is 3.98. The standard InChI is InChI=1S/C23H24FN3O2/c1-15-12-22(27-11-3-4-19(27)14-29-2)20-10-9-18(13-21(20)25-15)26-23(28)16-5-7-17(24)8-6-16/h5-10,12-13,19H,3-4,11,14H2,1-2H3,(H,26,28)/t19-/m1/s1. The second-order valence-electron chi connectivity index (χ2n) is 7.42. The minimum atomic E-state index is -0.367. The molecule has 0 radical (unpaired) electrons. The van der Waals surface area contributed by atoms with Crippen molar-refractivity contribution in [3.05, 3.63) is 65.6 Å². The monoisotopic (exact) mass is 393 g/mol. The smallest absolute Gasteiger partial charge is 0.255 e. The third-order valence-corrected chi connectivity index (χ3v) is 5.33. The van der Waals surface area contributed by atoms with Crippen LogP contribution in [0.25, 0.3) is 10.9 Å². The van der Waals surface area contributed by atoms with Crippen molar-refractivity contribution in [2.75, 3.05) is 30.5 Å². The van der Waals surface area contributed by atoms with E-state index in [0.29, 0.717) is 23.9 Å². The van der Waals surface area contributed by atoms with Gasteiger partial charge < -0.3 is 15.0 Å². The van der Waals surface area contributed by atoms with E-state index in [1.165, 1.54) is 24.3 Å². The number of pyridine rings is 1. The quantitative estimate of drug-likeness (QED) is 0.691. The van der Waals surface area contributed by atoms with Crippen LogP contribution in [-0.4, -0.2) is 37.2 Å². The molecule has 0 aliphatic carbocycles. The number of rotatable bonds is 5. The molecular formula is C23H24FN3O2. The molecule has 0 saturated carbocycles. The Morgan fingerprint density at radius 1 is 1.24 bits per heavy atom. The maximum Gasteiger partial charge on any atom is 0.255 e. The number of ether oxygens (including phenoxy) is 1. The van der Waals surface area contributed by atoms with Crippen LogP contribution in [0.2, 0.25) is 0 Å². The Morgan fingerprint density at radius 2 is 2.03 bits per heavy atom. The third-order valence-electron chi connectivity index (χ3n) is 5.33. The number of aryl methyl sites for hydroxylation is 1. The van der Waals surface area contributed by atoms with Gasteiger partial charge in [-0.05, 0) is 68.3 Å². The fraction of sp³-hybridized carbons (Fsp3) is 0.304. The summed E-state index contributed by atoms with van der Waals surface area (Å²) in [6.07, 6.45) is 2.26. The number of halogens is 1.